The molecular formula is C44H33CoN7O+2. The Morgan fingerprint density at radius 3 is 0.868 bits per heavy atom. The molecule has 1 radical (unpaired) electrons. The van der Waals surface area contributed by atoms with Gasteiger partial charge in [-0.25, -0.2) is 9.97 Å². The molecule has 8 bridgehead atoms. The molecule has 4 aromatic carbocycles. The number of H-pyrrole nitrogens is 2. The standard InChI is InChI=1S/C44H33N7O.Co/c45-29-9-1-25(2-10-29)41-33-17-19-35(48-33)42(26-3-11-30(46)12-4-26)37-21-23-39(50-37)44(28-7-15-32(52)16-8-28)40-24-22-38(51-40)43(36-20-18-34(41)49-36)27-5-13-31(47)14-6-27;/h1-24,48,51-52H,45-47H2;/q;+2. The minimum absolute atomic E-state index is 0. The van der Waals surface area contributed by atoms with Gasteiger partial charge in [-0.05, 0) is 119 Å². The molecule has 0 unspecified atom stereocenters. The van der Waals surface area contributed by atoms with Gasteiger partial charge < -0.3 is 32.3 Å². The Morgan fingerprint density at radius 2 is 0.604 bits per heavy atom. The van der Waals surface area contributed by atoms with E-state index in [1.54, 1.807) is 12.1 Å². The third kappa shape index (κ3) is 6.14. The number of aromatic amines is 2. The van der Waals surface area contributed by atoms with Crippen molar-refractivity contribution in [2.24, 2.45) is 0 Å². The number of anilines is 3. The molecule has 53 heavy (non-hydrogen) atoms. The van der Waals surface area contributed by atoms with Crippen molar-refractivity contribution in [1.82, 2.24) is 19.9 Å². The van der Waals surface area contributed by atoms with E-state index < -0.39 is 0 Å². The molecule has 2 aliphatic rings. The van der Waals surface area contributed by atoms with Crippen LogP contribution >= 0.6 is 0 Å². The first-order valence-electron chi connectivity index (χ1n) is 16.9. The number of hydrogen-bond acceptors (Lipinski definition) is 6. The summed E-state index contributed by atoms with van der Waals surface area (Å²) in [6, 6.07) is 39.1. The molecule has 0 saturated heterocycles. The van der Waals surface area contributed by atoms with Gasteiger partial charge >= 0.3 is 16.8 Å². The summed E-state index contributed by atoms with van der Waals surface area (Å²) in [5.41, 5.74) is 34.6. The summed E-state index contributed by atoms with van der Waals surface area (Å²) in [5.74, 6) is 0.189. The number of nitrogen functional groups attached to an aromatic ring is 3. The van der Waals surface area contributed by atoms with E-state index >= 15 is 0 Å². The smallest absolute Gasteiger partial charge is 0.508 e. The van der Waals surface area contributed by atoms with E-state index in [0.717, 1.165) is 89.4 Å². The van der Waals surface area contributed by atoms with Crippen molar-refractivity contribution < 1.29 is 21.9 Å². The van der Waals surface area contributed by atoms with Crippen molar-refractivity contribution in [3.8, 4) is 50.3 Å². The number of nitrogens with two attached hydrogens (primary N) is 3. The van der Waals surface area contributed by atoms with Crippen LogP contribution in [0.3, 0.4) is 0 Å². The molecule has 0 spiro atoms. The van der Waals surface area contributed by atoms with Crippen molar-refractivity contribution in [2.45, 2.75) is 0 Å². The minimum atomic E-state index is 0. The molecular weight excluding hydrogens is 701 g/mol. The number of fused-ring (bicyclic) bond motifs is 8. The van der Waals surface area contributed by atoms with Crippen LogP contribution in [-0.2, 0) is 16.8 Å². The molecule has 8 nitrogen and oxygen atoms in total. The number of nitrogens with zero attached hydrogens (tertiary/aromatic N) is 2. The van der Waals surface area contributed by atoms with Gasteiger partial charge in [-0.15, -0.1) is 0 Å². The maximum Gasteiger partial charge on any atom is 2.00 e. The summed E-state index contributed by atoms with van der Waals surface area (Å²) in [6.07, 6.45) is 8.20. The van der Waals surface area contributed by atoms with Crippen molar-refractivity contribution in [3.63, 3.8) is 0 Å². The van der Waals surface area contributed by atoms with Gasteiger partial charge in [0.1, 0.15) is 5.75 Å². The Bertz CT molecular complexity index is 2370. The van der Waals surface area contributed by atoms with Crippen LogP contribution in [0.2, 0.25) is 0 Å². The average molecular weight is 735 g/mol. The summed E-state index contributed by atoms with van der Waals surface area (Å²) in [5, 5.41) is 10.2. The maximum atomic E-state index is 10.2. The van der Waals surface area contributed by atoms with Gasteiger partial charge in [0.15, 0.2) is 0 Å². The minimum Gasteiger partial charge on any atom is -0.508 e. The van der Waals surface area contributed by atoms with Gasteiger partial charge in [0.25, 0.3) is 0 Å². The Morgan fingerprint density at radius 1 is 0.358 bits per heavy atom. The second kappa shape index (κ2) is 13.4. The van der Waals surface area contributed by atoms with E-state index in [0.29, 0.717) is 17.1 Å². The van der Waals surface area contributed by atoms with Gasteiger partial charge in [-0.3, -0.25) is 0 Å². The number of aromatic hydroxyl groups is 1. The van der Waals surface area contributed by atoms with Crippen LogP contribution in [0.4, 0.5) is 17.1 Å². The Kier molecular flexibility index (Phi) is 8.42. The van der Waals surface area contributed by atoms with E-state index in [4.69, 9.17) is 27.2 Å². The Hall–Kier alpha value is -6.81. The molecule has 0 aliphatic carbocycles. The fraction of sp³-hybridized carbons (Fsp3) is 0. The third-order valence-electron chi connectivity index (χ3n) is 9.51. The SMILES string of the molecule is Nc1ccc(-c2c3nc(c(-c4ccc(N)cc4)c4ccc([nH]4)c(-c4ccc(O)cc4)c4nc(c(-c5ccc(N)cc5)c5ccc2[nH]5)C=C4)C=C3)cc1.[Co+2]. The van der Waals surface area contributed by atoms with Crippen LogP contribution in [0.15, 0.2) is 121 Å². The number of rotatable bonds is 4. The molecule has 7 aromatic rings. The monoisotopic (exact) mass is 734 g/mol. The predicted molar refractivity (Wildman–Crippen MR) is 216 cm³/mol. The quantitative estimate of drug-likeness (QED) is 0.0989. The fourth-order valence-electron chi connectivity index (χ4n) is 7.00. The fourth-order valence-corrected chi connectivity index (χ4v) is 7.00. The second-order valence-electron chi connectivity index (χ2n) is 12.9. The topological polar surface area (TPSA) is 156 Å². The van der Waals surface area contributed by atoms with Crippen LogP contribution in [-0.4, -0.2) is 25.0 Å². The maximum absolute atomic E-state index is 10.2. The summed E-state index contributed by atoms with van der Waals surface area (Å²) < 4.78 is 0. The van der Waals surface area contributed by atoms with Crippen LogP contribution in [0, 0.1) is 0 Å². The zero-order chi connectivity index (χ0) is 35.3. The van der Waals surface area contributed by atoms with Gasteiger partial charge in [0.2, 0.25) is 0 Å². The normalized spacial score (nSPS) is 11.8. The van der Waals surface area contributed by atoms with Crippen LogP contribution in [0.5, 0.6) is 5.75 Å². The van der Waals surface area contributed by atoms with E-state index in [2.05, 4.69) is 46.4 Å². The Labute approximate surface area is 315 Å². The van der Waals surface area contributed by atoms with Crippen molar-refractivity contribution in [3.05, 3.63) is 144 Å². The molecule has 9 rings (SSSR count). The van der Waals surface area contributed by atoms with Crippen LogP contribution in [0.1, 0.15) is 22.8 Å². The molecule has 0 saturated carbocycles. The van der Waals surface area contributed by atoms with Crippen LogP contribution in [0.25, 0.3) is 90.9 Å². The number of phenolic OH excluding ortho intramolecular Hbond substituents is 1. The molecule has 3 aromatic heterocycles. The van der Waals surface area contributed by atoms with E-state index in [1.807, 2.05) is 97.1 Å². The Balaban J connectivity index is 0.00000400. The molecule has 0 amide bonds. The summed E-state index contributed by atoms with van der Waals surface area (Å²) in [4.78, 5) is 18.1. The van der Waals surface area contributed by atoms with Crippen molar-refractivity contribution in [2.75, 3.05) is 17.2 Å². The van der Waals surface area contributed by atoms with Gasteiger partial charge in [-0.2, -0.15) is 0 Å². The predicted octanol–water partition coefficient (Wildman–Crippen LogP) is 9.77. The molecule has 257 valence electrons. The molecule has 9 N–H and O–H groups in total. The zero-order valence-corrected chi connectivity index (χ0v) is 29.3. The van der Waals surface area contributed by atoms with Gasteiger partial charge in [-0.1, -0.05) is 48.5 Å². The summed E-state index contributed by atoms with van der Waals surface area (Å²) in [6.45, 7) is 0. The largest absolute Gasteiger partial charge is 2.00 e. The van der Waals surface area contributed by atoms with Gasteiger partial charge in [0, 0.05) is 61.4 Å². The third-order valence-corrected chi connectivity index (χ3v) is 9.51. The molecule has 0 atom stereocenters. The zero-order valence-electron chi connectivity index (χ0n) is 28.3. The van der Waals surface area contributed by atoms with Gasteiger partial charge in [0.05, 0.1) is 22.8 Å². The number of aromatic nitrogens is 4. The molecule has 9 heteroatoms. The number of benzene rings is 4. The van der Waals surface area contributed by atoms with Crippen molar-refractivity contribution in [1.29, 1.82) is 0 Å². The van der Waals surface area contributed by atoms with Crippen molar-refractivity contribution >= 4 is 63.4 Å². The van der Waals surface area contributed by atoms with Crippen LogP contribution < -0.4 is 17.2 Å². The number of phenols is 1. The first kappa shape index (κ1) is 33.3. The van der Waals surface area contributed by atoms with E-state index in [-0.39, 0.29) is 22.5 Å². The summed E-state index contributed by atoms with van der Waals surface area (Å²) in [7, 11) is 0. The first-order chi connectivity index (χ1) is 25.4. The molecule has 0 fully saturated rings. The second-order valence-corrected chi connectivity index (χ2v) is 12.9. The first-order valence-corrected chi connectivity index (χ1v) is 16.9. The number of hydrogen-bond donors (Lipinski definition) is 6. The van der Waals surface area contributed by atoms with E-state index in [9.17, 15) is 5.11 Å². The summed E-state index contributed by atoms with van der Waals surface area (Å²) >= 11 is 0. The average Bonchev–Trinajstić information content (AvgIpc) is 3.99. The van der Waals surface area contributed by atoms with E-state index in [1.165, 1.54) is 0 Å². The number of nitrogens with one attached hydrogen (secondary N) is 2. The molecule has 2 aliphatic heterocycles. The molecule has 5 heterocycles.